The highest BCUT2D eigenvalue weighted by molar-refractivity contribution is 7.98. The van der Waals surface area contributed by atoms with E-state index in [0.29, 0.717) is 5.76 Å². The van der Waals surface area contributed by atoms with Crippen molar-refractivity contribution in [1.82, 2.24) is 4.90 Å². The lowest BCUT2D eigenvalue weighted by Crippen LogP contribution is -2.44. The van der Waals surface area contributed by atoms with Gasteiger partial charge in [-0.3, -0.25) is 4.79 Å². The summed E-state index contributed by atoms with van der Waals surface area (Å²) in [6.07, 6.45) is 0. The summed E-state index contributed by atoms with van der Waals surface area (Å²) in [6, 6.07) is 15.9. The third-order valence-corrected chi connectivity index (χ3v) is 6.25. The first kappa shape index (κ1) is 19.9. The molecular formula is C23H27N3O2S. The molecule has 1 N–H and O–H groups in total. The molecule has 152 valence electrons. The van der Waals surface area contributed by atoms with E-state index >= 15 is 0 Å². The monoisotopic (exact) mass is 409 g/mol. The van der Waals surface area contributed by atoms with E-state index in [1.807, 2.05) is 36.4 Å². The number of fused-ring (bicyclic) bond motifs is 1. The molecular weight excluding hydrogens is 382 g/mol. The van der Waals surface area contributed by atoms with Crippen molar-refractivity contribution in [2.75, 3.05) is 49.2 Å². The smallest absolute Gasteiger partial charge is 0.291 e. The topological polar surface area (TPSA) is 48.7 Å². The van der Waals surface area contributed by atoms with Gasteiger partial charge in [-0.05, 0) is 43.1 Å². The molecule has 1 aliphatic heterocycles. The molecule has 0 bridgehead atoms. The second-order valence-corrected chi connectivity index (χ2v) is 8.61. The van der Waals surface area contributed by atoms with Crippen LogP contribution in [-0.4, -0.2) is 49.8 Å². The van der Waals surface area contributed by atoms with Gasteiger partial charge in [0.2, 0.25) is 0 Å². The highest BCUT2D eigenvalue weighted by atomic mass is 32.2. The minimum atomic E-state index is -0.194. The Balaban J connectivity index is 1.50. The lowest BCUT2D eigenvalue weighted by atomic mass is 10.1. The number of amides is 1. The molecule has 4 rings (SSSR count). The second-order valence-electron chi connectivity index (χ2n) is 7.33. The van der Waals surface area contributed by atoms with Gasteiger partial charge in [0.05, 0.1) is 0 Å². The van der Waals surface area contributed by atoms with Crippen molar-refractivity contribution >= 4 is 40.0 Å². The molecule has 29 heavy (non-hydrogen) atoms. The van der Waals surface area contributed by atoms with Gasteiger partial charge in [0.15, 0.2) is 5.76 Å². The van der Waals surface area contributed by atoms with E-state index in [9.17, 15) is 4.79 Å². The Morgan fingerprint density at radius 1 is 1.07 bits per heavy atom. The largest absolute Gasteiger partial charge is 0.451 e. The van der Waals surface area contributed by atoms with Gasteiger partial charge in [-0.2, -0.15) is 11.8 Å². The summed E-state index contributed by atoms with van der Waals surface area (Å²) < 4.78 is 5.92. The molecule has 6 heteroatoms. The van der Waals surface area contributed by atoms with Crippen LogP contribution in [-0.2, 0) is 5.75 Å². The average molecular weight is 410 g/mol. The van der Waals surface area contributed by atoms with Gasteiger partial charge in [-0.15, -0.1) is 0 Å². The molecule has 0 unspecified atom stereocenters. The highest BCUT2D eigenvalue weighted by Gasteiger charge is 2.21. The van der Waals surface area contributed by atoms with Gasteiger partial charge < -0.3 is 19.5 Å². The first-order chi connectivity index (χ1) is 14.2. The lowest BCUT2D eigenvalue weighted by Gasteiger charge is -2.34. The fourth-order valence-electron chi connectivity index (χ4n) is 3.64. The summed E-state index contributed by atoms with van der Waals surface area (Å²) in [5.41, 5.74) is 3.70. The molecule has 0 radical (unpaired) electrons. The SMILES string of the molecule is CCSCc1c(C(=O)Nc2ccc(N3CCN(C)CC3)cc2)oc2ccccc12. The first-order valence-electron chi connectivity index (χ1n) is 10.1. The number of piperazine rings is 1. The summed E-state index contributed by atoms with van der Waals surface area (Å²) in [5, 5.41) is 4.02. The van der Waals surface area contributed by atoms with Crippen molar-refractivity contribution in [2.24, 2.45) is 0 Å². The zero-order valence-corrected chi connectivity index (χ0v) is 17.8. The van der Waals surface area contributed by atoms with Crippen LogP contribution in [0.3, 0.4) is 0 Å². The fourth-order valence-corrected chi connectivity index (χ4v) is 4.33. The lowest BCUT2D eigenvalue weighted by molar-refractivity contribution is 0.0998. The standard InChI is InChI=1S/C23H27N3O2S/c1-3-29-16-20-19-6-4-5-7-21(19)28-22(20)23(27)24-17-8-10-18(11-9-17)26-14-12-25(2)13-15-26/h4-11H,3,12-16H2,1-2H3,(H,24,27). The third kappa shape index (κ3) is 4.43. The summed E-state index contributed by atoms with van der Waals surface area (Å²) in [4.78, 5) is 17.7. The molecule has 0 saturated carbocycles. The van der Waals surface area contributed by atoms with E-state index in [-0.39, 0.29) is 5.91 Å². The Bertz CT molecular complexity index is 975. The van der Waals surface area contributed by atoms with Crippen molar-refractivity contribution in [3.63, 3.8) is 0 Å². The van der Waals surface area contributed by atoms with Crippen molar-refractivity contribution in [3.8, 4) is 0 Å². The number of carbonyl (C=O) groups is 1. The number of nitrogens with zero attached hydrogens (tertiary/aromatic N) is 2. The normalized spacial score (nSPS) is 15.0. The van der Waals surface area contributed by atoms with E-state index in [2.05, 4.69) is 41.2 Å². The number of para-hydroxylation sites is 1. The number of rotatable bonds is 6. The second kappa shape index (κ2) is 8.93. The van der Waals surface area contributed by atoms with Crippen LogP contribution in [0.25, 0.3) is 11.0 Å². The van der Waals surface area contributed by atoms with Crippen LogP contribution in [0, 0.1) is 0 Å². The summed E-state index contributed by atoms with van der Waals surface area (Å²) >= 11 is 1.79. The molecule has 0 aliphatic carbocycles. The maximum Gasteiger partial charge on any atom is 0.291 e. The van der Waals surface area contributed by atoms with Gasteiger partial charge in [-0.25, -0.2) is 0 Å². The maximum atomic E-state index is 13.0. The number of thioether (sulfide) groups is 1. The highest BCUT2D eigenvalue weighted by Crippen LogP contribution is 2.30. The molecule has 1 aliphatic rings. The van der Waals surface area contributed by atoms with Gasteiger partial charge in [0.1, 0.15) is 5.58 Å². The Morgan fingerprint density at radius 3 is 2.52 bits per heavy atom. The number of hydrogen-bond donors (Lipinski definition) is 1. The van der Waals surface area contributed by atoms with Gasteiger partial charge >= 0.3 is 0 Å². The van der Waals surface area contributed by atoms with Crippen LogP contribution in [0.2, 0.25) is 0 Å². The molecule has 2 aromatic carbocycles. The van der Waals surface area contributed by atoms with Gasteiger partial charge in [0, 0.05) is 54.3 Å². The van der Waals surface area contributed by atoms with E-state index in [1.54, 1.807) is 11.8 Å². The molecule has 0 atom stereocenters. The van der Waals surface area contributed by atoms with E-state index in [4.69, 9.17) is 4.42 Å². The van der Waals surface area contributed by atoms with Crippen molar-refractivity contribution in [3.05, 3.63) is 59.9 Å². The molecule has 1 amide bonds. The fraction of sp³-hybridized carbons (Fsp3) is 0.348. The first-order valence-corrected chi connectivity index (χ1v) is 11.2. The van der Waals surface area contributed by atoms with E-state index in [0.717, 1.165) is 59.9 Å². The van der Waals surface area contributed by atoms with Gasteiger partial charge in [0.25, 0.3) is 5.91 Å². The molecule has 0 spiro atoms. The number of likely N-dealkylation sites (N-methyl/N-ethyl adjacent to an activating group) is 1. The van der Waals surface area contributed by atoms with Crippen LogP contribution in [0.5, 0.6) is 0 Å². The average Bonchev–Trinajstić information content (AvgIpc) is 3.12. The van der Waals surface area contributed by atoms with Crippen molar-refractivity contribution in [2.45, 2.75) is 12.7 Å². The van der Waals surface area contributed by atoms with Crippen LogP contribution < -0.4 is 10.2 Å². The molecule has 3 aromatic rings. The number of carbonyl (C=O) groups excluding carboxylic acids is 1. The van der Waals surface area contributed by atoms with E-state index in [1.165, 1.54) is 5.69 Å². The molecule has 2 heterocycles. The van der Waals surface area contributed by atoms with Crippen molar-refractivity contribution in [1.29, 1.82) is 0 Å². The minimum absolute atomic E-state index is 0.194. The van der Waals surface area contributed by atoms with Crippen LogP contribution in [0.4, 0.5) is 11.4 Å². The Labute approximate surface area is 176 Å². The van der Waals surface area contributed by atoms with Crippen LogP contribution in [0.1, 0.15) is 23.0 Å². The van der Waals surface area contributed by atoms with Crippen molar-refractivity contribution < 1.29 is 9.21 Å². The summed E-state index contributed by atoms with van der Waals surface area (Å²) in [6.45, 7) is 6.32. The summed E-state index contributed by atoms with van der Waals surface area (Å²) in [7, 11) is 2.15. The Kier molecular flexibility index (Phi) is 6.11. The van der Waals surface area contributed by atoms with Crippen LogP contribution in [0.15, 0.2) is 52.9 Å². The third-order valence-electron chi connectivity index (χ3n) is 5.35. The zero-order valence-electron chi connectivity index (χ0n) is 17.0. The number of nitrogens with one attached hydrogen (secondary N) is 1. The van der Waals surface area contributed by atoms with E-state index < -0.39 is 0 Å². The predicted octanol–water partition coefficient (Wildman–Crippen LogP) is 4.69. The molecule has 5 nitrogen and oxygen atoms in total. The summed E-state index contributed by atoms with van der Waals surface area (Å²) in [5.74, 6) is 1.97. The molecule has 1 saturated heterocycles. The number of benzene rings is 2. The number of furan rings is 1. The minimum Gasteiger partial charge on any atom is -0.451 e. The number of anilines is 2. The molecule has 1 fully saturated rings. The Morgan fingerprint density at radius 2 is 1.79 bits per heavy atom. The quantitative estimate of drug-likeness (QED) is 0.640. The Hall–Kier alpha value is -2.44. The van der Waals surface area contributed by atoms with Crippen LogP contribution >= 0.6 is 11.8 Å². The van der Waals surface area contributed by atoms with Gasteiger partial charge in [-0.1, -0.05) is 25.1 Å². The molecule has 1 aromatic heterocycles. The maximum absolute atomic E-state index is 13.0. The zero-order chi connectivity index (χ0) is 20.2. The number of hydrogen-bond acceptors (Lipinski definition) is 5. The predicted molar refractivity (Wildman–Crippen MR) is 122 cm³/mol.